The van der Waals surface area contributed by atoms with Crippen LogP contribution in [0.2, 0.25) is 0 Å². The van der Waals surface area contributed by atoms with Gasteiger partial charge in [0.2, 0.25) is 0 Å². The standard InChI is InChI=1S/C18H19N5O/c1-18(2,3)14-12-16(21-17(24)13-7-10-19-11-8-13)23(22-14)15-6-4-5-9-20-15/h4-12H,1-3H3,(H,21,24). The van der Waals surface area contributed by atoms with E-state index in [2.05, 4.69) is 41.2 Å². The van der Waals surface area contributed by atoms with Crippen molar-refractivity contribution in [1.29, 1.82) is 0 Å². The Labute approximate surface area is 140 Å². The van der Waals surface area contributed by atoms with Crippen LogP contribution in [0.4, 0.5) is 5.82 Å². The van der Waals surface area contributed by atoms with Crippen LogP contribution >= 0.6 is 0 Å². The van der Waals surface area contributed by atoms with E-state index in [4.69, 9.17) is 0 Å². The Morgan fingerprint density at radius 1 is 1.08 bits per heavy atom. The fraction of sp³-hybridized carbons (Fsp3) is 0.222. The van der Waals surface area contributed by atoms with E-state index in [-0.39, 0.29) is 11.3 Å². The maximum atomic E-state index is 12.5. The zero-order chi connectivity index (χ0) is 17.2. The predicted molar refractivity (Wildman–Crippen MR) is 92.2 cm³/mol. The van der Waals surface area contributed by atoms with E-state index in [0.29, 0.717) is 17.2 Å². The normalized spacial score (nSPS) is 11.3. The molecule has 1 N–H and O–H groups in total. The summed E-state index contributed by atoms with van der Waals surface area (Å²) < 4.78 is 1.65. The van der Waals surface area contributed by atoms with E-state index in [0.717, 1.165) is 5.69 Å². The SMILES string of the molecule is CC(C)(C)c1cc(NC(=O)c2ccncc2)n(-c2ccccn2)n1. The lowest BCUT2D eigenvalue weighted by molar-refractivity contribution is 0.102. The average Bonchev–Trinajstić information content (AvgIpc) is 3.00. The maximum absolute atomic E-state index is 12.5. The van der Waals surface area contributed by atoms with Crippen molar-refractivity contribution in [3.05, 3.63) is 66.2 Å². The topological polar surface area (TPSA) is 72.7 Å². The monoisotopic (exact) mass is 321 g/mol. The molecule has 0 spiro atoms. The molecule has 0 aliphatic rings. The van der Waals surface area contributed by atoms with Crippen LogP contribution in [0.25, 0.3) is 5.82 Å². The summed E-state index contributed by atoms with van der Waals surface area (Å²) in [5.41, 5.74) is 1.27. The fourth-order valence-corrected chi connectivity index (χ4v) is 2.18. The van der Waals surface area contributed by atoms with Crippen molar-refractivity contribution in [1.82, 2.24) is 19.7 Å². The Kier molecular flexibility index (Phi) is 4.12. The van der Waals surface area contributed by atoms with Gasteiger partial charge in [0.25, 0.3) is 5.91 Å². The van der Waals surface area contributed by atoms with E-state index >= 15 is 0 Å². The second-order valence-electron chi connectivity index (χ2n) is 6.45. The molecule has 0 aliphatic heterocycles. The fourth-order valence-electron chi connectivity index (χ4n) is 2.18. The zero-order valence-electron chi connectivity index (χ0n) is 13.9. The number of pyridine rings is 2. The van der Waals surface area contributed by atoms with Gasteiger partial charge >= 0.3 is 0 Å². The average molecular weight is 321 g/mol. The molecular formula is C18H19N5O. The summed E-state index contributed by atoms with van der Waals surface area (Å²) in [6.07, 6.45) is 4.87. The predicted octanol–water partition coefficient (Wildman–Crippen LogP) is 3.21. The Bertz CT molecular complexity index is 835. The summed E-state index contributed by atoms with van der Waals surface area (Å²) in [6, 6.07) is 10.8. The molecule has 3 heterocycles. The highest BCUT2D eigenvalue weighted by Crippen LogP contribution is 2.26. The lowest BCUT2D eigenvalue weighted by Crippen LogP contribution is -2.15. The molecule has 3 aromatic heterocycles. The smallest absolute Gasteiger partial charge is 0.256 e. The Balaban J connectivity index is 2.00. The number of nitrogens with one attached hydrogen (secondary N) is 1. The number of carbonyl (C=O) groups is 1. The molecule has 1 amide bonds. The van der Waals surface area contributed by atoms with Gasteiger partial charge < -0.3 is 5.32 Å². The van der Waals surface area contributed by atoms with E-state index in [1.165, 1.54) is 0 Å². The van der Waals surface area contributed by atoms with E-state index in [1.54, 1.807) is 35.4 Å². The van der Waals surface area contributed by atoms with Crippen molar-refractivity contribution in [2.45, 2.75) is 26.2 Å². The van der Waals surface area contributed by atoms with Gasteiger partial charge in [-0.2, -0.15) is 9.78 Å². The number of nitrogens with zero attached hydrogens (tertiary/aromatic N) is 4. The number of anilines is 1. The largest absolute Gasteiger partial charge is 0.306 e. The summed E-state index contributed by atoms with van der Waals surface area (Å²) in [4.78, 5) is 20.7. The molecule has 3 aromatic rings. The first-order valence-electron chi connectivity index (χ1n) is 7.68. The second-order valence-corrected chi connectivity index (χ2v) is 6.45. The quantitative estimate of drug-likeness (QED) is 0.804. The maximum Gasteiger partial charge on any atom is 0.256 e. The molecule has 3 rings (SSSR count). The van der Waals surface area contributed by atoms with Gasteiger partial charge in [0.15, 0.2) is 5.82 Å². The van der Waals surface area contributed by atoms with Crippen LogP contribution in [0, 0.1) is 0 Å². The number of amides is 1. The molecule has 0 saturated carbocycles. The Morgan fingerprint density at radius 2 is 1.83 bits per heavy atom. The highest BCUT2D eigenvalue weighted by Gasteiger charge is 2.22. The molecule has 0 bridgehead atoms. The van der Waals surface area contributed by atoms with Crippen LogP contribution in [0.1, 0.15) is 36.8 Å². The number of aromatic nitrogens is 4. The van der Waals surface area contributed by atoms with Crippen LogP contribution in [0.3, 0.4) is 0 Å². The lowest BCUT2D eigenvalue weighted by atomic mass is 9.92. The first-order chi connectivity index (χ1) is 11.4. The molecule has 0 aliphatic carbocycles. The Hall–Kier alpha value is -3.02. The molecular weight excluding hydrogens is 302 g/mol. The lowest BCUT2D eigenvalue weighted by Gasteiger charge is -2.13. The van der Waals surface area contributed by atoms with Gasteiger partial charge in [-0.25, -0.2) is 4.98 Å². The minimum Gasteiger partial charge on any atom is -0.306 e. The van der Waals surface area contributed by atoms with Gasteiger partial charge in [-0.1, -0.05) is 26.8 Å². The summed E-state index contributed by atoms with van der Waals surface area (Å²) in [7, 11) is 0. The summed E-state index contributed by atoms with van der Waals surface area (Å²) in [6.45, 7) is 6.23. The van der Waals surface area contributed by atoms with Crippen molar-refractivity contribution in [3.8, 4) is 5.82 Å². The minimum absolute atomic E-state index is 0.143. The second kappa shape index (κ2) is 6.23. The number of hydrogen-bond donors (Lipinski definition) is 1. The number of hydrogen-bond acceptors (Lipinski definition) is 4. The third kappa shape index (κ3) is 3.32. The van der Waals surface area contributed by atoms with Crippen molar-refractivity contribution in [2.75, 3.05) is 5.32 Å². The molecule has 0 atom stereocenters. The van der Waals surface area contributed by atoms with Crippen LogP contribution in [0.15, 0.2) is 55.0 Å². The van der Waals surface area contributed by atoms with Crippen LogP contribution < -0.4 is 5.32 Å². The third-order valence-corrected chi connectivity index (χ3v) is 3.53. The van der Waals surface area contributed by atoms with Crippen LogP contribution in [-0.4, -0.2) is 25.7 Å². The molecule has 0 saturated heterocycles. The van der Waals surface area contributed by atoms with Gasteiger partial charge in [-0.15, -0.1) is 0 Å². The molecule has 24 heavy (non-hydrogen) atoms. The highest BCUT2D eigenvalue weighted by molar-refractivity contribution is 6.03. The van der Waals surface area contributed by atoms with Crippen molar-refractivity contribution in [2.24, 2.45) is 0 Å². The molecule has 6 nitrogen and oxygen atoms in total. The van der Waals surface area contributed by atoms with Crippen molar-refractivity contribution < 1.29 is 4.79 Å². The van der Waals surface area contributed by atoms with E-state index in [1.807, 2.05) is 24.3 Å². The third-order valence-electron chi connectivity index (χ3n) is 3.53. The van der Waals surface area contributed by atoms with Crippen LogP contribution in [0.5, 0.6) is 0 Å². The molecule has 122 valence electrons. The highest BCUT2D eigenvalue weighted by atomic mass is 16.1. The Morgan fingerprint density at radius 3 is 2.46 bits per heavy atom. The van der Waals surface area contributed by atoms with E-state index in [9.17, 15) is 4.79 Å². The van der Waals surface area contributed by atoms with Crippen molar-refractivity contribution in [3.63, 3.8) is 0 Å². The first kappa shape index (κ1) is 15.9. The van der Waals surface area contributed by atoms with Gasteiger partial charge in [-0.3, -0.25) is 9.78 Å². The minimum atomic E-state index is -0.213. The summed E-state index contributed by atoms with van der Waals surface area (Å²) in [5.74, 6) is 1.02. The first-order valence-corrected chi connectivity index (χ1v) is 7.68. The molecule has 6 heteroatoms. The van der Waals surface area contributed by atoms with Crippen LogP contribution in [-0.2, 0) is 5.41 Å². The van der Waals surface area contributed by atoms with Crippen molar-refractivity contribution >= 4 is 11.7 Å². The van der Waals surface area contributed by atoms with Gasteiger partial charge in [0.1, 0.15) is 5.82 Å². The van der Waals surface area contributed by atoms with Gasteiger partial charge in [-0.05, 0) is 24.3 Å². The van der Waals surface area contributed by atoms with Gasteiger partial charge in [0.05, 0.1) is 5.69 Å². The summed E-state index contributed by atoms with van der Waals surface area (Å²) in [5, 5.41) is 7.54. The number of rotatable bonds is 3. The number of carbonyl (C=O) groups excluding carboxylic acids is 1. The van der Waals surface area contributed by atoms with E-state index < -0.39 is 0 Å². The molecule has 0 radical (unpaired) electrons. The zero-order valence-corrected chi connectivity index (χ0v) is 13.9. The molecule has 0 fully saturated rings. The van der Waals surface area contributed by atoms with Gasteiger partial charge in [0, 0.05) is 35.6 Å². The summed E-state index contributed by atoms with van der Waals surface area (Å²) >= 11 is 0. The molecule has 0 unspecified atom stereocenters. The molecule has 0 aromatic carbocycles.